The average molecular weight is 326 g/mol. The van der Waals surface area contributed by atoms with Crippen LogP contribution in [0.15, 0.2) is 18.2 Å². The summed E-state index contributed by atoms with van der Waals surface area (Å²) in [6, 6.07) is 5.89. The predicted octanol–water partition coefficient (Wildman–Crippen LogP) is 4.53. The third-order valence-corrected chi connectivity index (χ3v) is 4.62. The fourth-order valence-corrected chi connectivity index (χ4v) is 3.27. The Morgan fingerprint density at radius 1 is 1.24 bits per heavy atom. The number of benzene rings is 1. The topological polar surface area (TPSA) is 29.9 Å². The van der Waals surface area contributed by atoms with E-state index in [1.54, 1.807) is 0 Å². The van der Waals surface area contributed by atoms with Crippen LogP contribution in [0.2, 0.25) is 10.0 Å². The minimum absolute atomic E-state index is 0.320. The van der Waals surface area contributed by atoms with Crippen LogP contribution in [-0.2, 0) is 6.54 Å². The zero-order valence-electron chi connectivity index (χ0n) is 12.9. The standard InChI is InChI=1S/C16H21Cl2N3/c1-5-15(19-4)16-10(2)20-21(11(16)3)9-12-13(17)7-6-8-14(12)18/h6-8,15,19H,5,9H2,1-4H3. The Kier molecular flexibility index (Phi) is 5.31. The quantitative estimate of drug-likeness (QED) is 0.875. The molecule has 0 aliphatic carbocycles. The van der Waals surface area contributed by atoms with E-state index in [0.29, 0.717) is 22.6 Å². The number of rotatable bonds is 5. The lowest BCUT2D eigenvalue weighted by atomic mass is 10.0. The number of nitrogens with one attached hydrogen (secondary N) is 1. The minimum Gasteiger partial charge on any atom is -0.313 e. The summed E-state index contributed by atoms with van der Waals surface area (Å²) in [5, 5.41) is 9.36. The van der Waals surface area contributed by atoms with Crippen molar-refractivity contribution in [2.24, 2.45) is 0 Å². The van der Waals surface area contributed by atoms with E-state index < -0.39 is 0 Å². The molecule has 0 fully saturated rings. The average Bonchev–Trinajstić information content (AvgIpc) is 2.72. The highest BCUT2D eigenvalue weighted by Crippen LogP contribution is 2.28. The second-order valence-corrected chi connectivity index (χ2v) is 6.01. The van der Waals surface area contributed by atoms with E-state index in [1.807, 2.05) is 36.9 Å². The SMILES string of the molecule is CCC(NC)c1c(C)nn(Cc2c(Cl)cccc2Cl)c1C. The van der Waals surface area contributed by atoms with Gasteiger partial charge in [-0.25, -0.2) is 0 Å². The molecule has 2 aromatic rings. The number of hydrogen-bond donors (Lipinski definition) is 1. The van der Waals surface area contributed by atoms with Crippen molar-refractivity contribution in [3.63, 3.8) is 0 Å². The molecule has 0 radical (unpaired) electrons. The minimum atomic E-state index is 0.320. The van der Waals surface area contributed by atoms with Crippen molar-refractivity contribution in [1.29, 1.82) is 0 Å². The first-order valence-electron chi connectivity index (χ1n) is 7.13. The van der Waals surface area contributed by atoms with Crippen LogP contribution in [-0.4, -0.2) is 16.8 Å². The number of hydrogen-bond acceptors (Lipinski definition) is 2. The van der Waals surface area contributed by atoms with E-state index in [-0.39, 0.29) is 0 Å². The van der Waals surface area contributed by atoms with Crippen molar-refractivity contribution in [3.05, 3.63) is 50.8 Å². The third-order valence-electron chi connectivity index (χ3n) is 3.91. The molecule has 1 aromatic carbocycles. The zero-order chi connectivity index (χ0) is 15.6. The van der Waals surface area contributed by atoms with Crippen molar-refractivity contribution < 1.29 is 0 Å². The van der Waals surface area contributed by atoms with Gasteiger partial charge in [-0.05, 0) is 39.4 Å². The maximum Gasteiger partial charge on any atom is 0.0692 e. The van der Waals surface area contributed by atoms with Gasteiger partial charge in [0.1, 0.15) is 0 Å². The zero-order valence-corrected chi connectivity index (χ0v) is 14.4. The van der Waals surface area contributed by atoms with Crippen LogP contribution >= 0.6 is 23.2 Å². The molecule has 0 saturated carbocycles. The summed E-state index contributed by atoms with van der Waals surface area (Å²) in [5.41, 5.74) is 4.39. The monoisotopic (exact) mass is 325 g/mol. The van der Waals surface area contributed by atoms with Gasteiger partial charge in [-0.1, -0.05) is 36.2 Å². The number of nitrogens with zero attached hydrogens (tertiary/aromatic N) is 2. The lowest BCUT2D eigenvalue weighted by Crippen LogP contribution is -2.17. The molecule has 21 heavy (non-hydrogen) atoms. The molecule has 3 nitrogen and oxygen atoms in total. The maximum absolute atomic E-state index is 6.26. The Labute approximate surface area is 136 Å². The van der Waals surface area contributed by atoms with E-state index in [1.165, 1.54) is 5.56 Å². The van der Waals surface area contributed by atoms with Gasteiger partial charge in [0.25, 0.3) is 0 Å². The number of aromatic nitrogens is 2. The number of halogens is 2. The maximum atomic E-state index is 6.26. The lowest BCUT2D eigenvalue weighted by Gasteiger charge is -2.15. The summed E-state index contributed by atoms with van der Waals surface area (Å²) >= 11 is 12.5. The Bertz CT molecular complexity index is 610. The van der Waals surface area contributed by atoms with E-state index >= 15 is 0 Å². The molecule has 0 bridgehead atoms. The fourth-order valence-electron chi connectivity index (χ4n) is 2.75. The Morgan fingerprint density at radius 3 is 2.38 bits per heavy atom. The molecule has 0 amide bonds. The largest absolute Gasteiger partial charge is 0.313 e. The Morgan fingerprint density at radius 2 is 1.86 bits per heavy atom. The molecule has 2 rings (SSSR count). The van der Waals surface area contributed by atoms with Crippen LogP contribution < -0.4 is 5.32 Å². The molecule has 1 aromatic heterocycles. The summed E-state index contributed by atoms with van der Waals surface area (Å²) in [5.74, 6) is 0. The van der Waals surface area contributed by atoms with Crippen LogP contribution in [0.3, 0.4) is 0 Å². The van der Waals surface area contributed by atoms with Crippen LogP contribution in [0.25, 0.3) is 0 Å². The van der Waals surface area contributed by atoms with Crippen LogP contribution in [0.5, 0.6) is 0 Å². The van der Waals surface area contributed by atoms with Gasteiger partial charge < -0.3 is 5.32 Å². The lowest BCUT2D eigenvalue weighted by molar-refractivity contribution is 0.568. The van der Waals surface area contributed by atoms with Crippen molar-refractivity contribution in [1.82, 2.24) is 15.1 Å². The van der Waals surface area contributed by atoms with E-state index in [4.69, 9.17) is 23.2 Å². The third kappa shape index (κ3) is 3.25. The van der Waals surface area contributed by atoms with E-state index in [0.717, 1.165) is 23.4 Å². The molecule has 1 heterocycles. The molecule has 1 unspecified atom stereocenters. The smallest absolute Gasteiger partial charge is 0.0692 e. The van der Waals surface area contributed by atoms with Crippen molar-refractivity contribution in [2.75, 3.05) is 7.05 Å². The normalized spacial score (nSPS) is 12.7. The molecule has 0 spiro atoms. The molecule has 0 aliphatic heterocycles. The summed E-state index contributed by atoms with van der Waals surface area (Å²) < 4.78 is 1.98. The first-order chi connectivity index (χ1) is 9.99. The summed E-state index contributed by atoms with van der Waals surface area (Å²) in [4.78, 5) is 0. The number of aryl methyl sites for hydroxylation is 1. The molecule has 1 atom stereocenters. The molecular weight excluding hydrogens is 305 g/mol. The van der Waals surface area contributed by atoms with Gasteiger partial charge in [0.2, 0.25) is 0 Å². The van der Waals surface area contributed by atoms with Gasteiger partial charge in [-0.15, -0.1) is 0 Å². The predicted molar refractivity (Wildman–Crippen MR) is 89.4 cm³/mol. The van der Waals surface area contributed by atoms with Gasteiger partial charge in [0.05, 0.1) is 12.2 Å². The Balaban J connectivity index is 2.41. The summed E-state index contributed by atoms with van der Waals surface area (Å²) in [7, 11) is 1.98. The van der Waals surface area contributed by atoms with Crippen molar-refractivity contribution >= 4 is 23.2 Å². The van der Waals surface area contributed by atoms with Gasteiger partial charge in [-0.3, -0.25) is 4.68 Å². The molecule has 1 N–H and O–H groups in total. The van der Waals surface area contributed by atoms with Crippen molar-refractivity contribution in [2.45, 2.75) is 39.8 Å². The molecule has 114 valence electrons. The first-order valence-corrected chi connectivity index (χ1v) is 7.89. The molecule has 5 heteroatoms. The van der Waals surface area contributed by atoms with E-state index in [9.17, 15) is 0 Å². The van der Waals surface area contributed by atoms with Gasteiger partial charge in [-0.2, -0.15) is 5.10 Å². The molecule has 0 aliphatic rings. The highest BCUT2D eigenvalue weighted by atomic mass is 35.5. The highest BCUT2D eigenvalue weighted by Gasteiger charge is 2.19. The Hall–Kier alpha value is -1.03. The molecular formula is C16H21Cl2N3. The highest BCUT2D eigenvalue weighted by molar-refractivity contribution is 6.35. The molecule has 0 saturated heterocycles. The van der Waals surface area contributed by atoms with Crippen LogP contribution in [0.4, 0.5) is 0 Å². The van der Waals surface area contributed by atoms with Gasteiger partial charge in [0, 0.05) is 32.9 Å². The second-order valence-electron chi connectivity index (χ2n) is 5.19. The van der Waals surface area contributed by atoms with Crippen LogP contribution in [0.1, 0.15) is 41.9 Å². The van der Waals surface area contributed by atoms with Gasteiger partial charge in [0.15, 0.2) is 0 Å². The second kappa shape index (κ2) is 6.82. The van der Waals surface area contributed by atoms with Gasteiger partial charge >= 0.3 is 0 Å². The van der Waals surface area contributed by atoms with Crippen LogP contribution in [0, 0.1) is 13.8 Å². The van der Waals surface area contributed by atoms with E-state index in [2.05, 4.69) is 24.3 Å². The summed E-state index contributed by atoms with van der Waals surface area (Å²) in [6.45, 7) is 6.90. The first kappa shape index (κ1) is 16.3. The fraction of sp³-hybridized carbons (Fsp3) is 0.438. The van der Waals surface area contributed by atoms with Crippen molar-refractivity contribution in [3.8, 4) is 0 Å². The summed E-state index contributed by atoms with van der Waals surface area (Å²) in [6.07, 6.45) is 1.02.